The van der Waals surface area contributed by atoms with Gasteiger partial charge in [-0.15, -0.1) is 0 Å². The van der Waals surface area contributed by atoms with Crippen LogP contribution in [0.15, 0.2) is 47.9 Å². The molecule has 0 radical (unpaired) electrons. The molecule has 0 amide bonds. The first-order valence-electron chi connectivity index (χ1n) is 8.40. The normalized spacial score (nSPS) is 11.9. The largest absolute Gasteiger partial charge is 0.294 e. The van der Waals surface area contributed by atoms with Crippen LogP contribution in [0.2, 0.25) is 0 Å². The predicted octanol–water partition coefficient (Wildman–Crippen LogP) is 3.01. The summed E-state index contributed by atoms with van der Waals surface area (Å²) in [7, 11) is -3.58. The number of imidazole rings is 1. The van der Waals surface area contributed by atoms with Crippen molar-refractivity contribution in [2.75, 3.05) is 6.26 Å². The summed E-state index contributed by atoms with van der Waals surface area (Å²) >= 11 is 0. The summed E-state index contributed by atoms with van der Waals surface area (Å²) in [6, 6.07) is 7.56. The zero-order chi connectivity index (χ0) is 20.1. The van der Waals surface area contributed by atoms with Crippen molar-refractivity contribution in [2.45, 2.75) is 19.0 Å². The monoisotopic (exact) mass is 397 g/mol. The van der Waals surface area contributed by atoms with Crippen molar-refractivity contribution in [2.24, 2.45) is 0 Å². The Morgan fingerprint density at radius 3 is 2.39 bits per heavy atom. The van der Waals surface area contributed by atoms with E-state index in [2.05, 4.69) is 19.9 Å². The molecule has 0 saturated heterocycles. The third-order valence-electron chi connectivity index (χ3n) is 4.22. The van der Waals surface area contributed by atoms with Gasteiger partial charge < -0.3 is 0 Å². The quantitative estimate of drug-likeness (QED) is 0.494. The first kappa shape index (κ1) is 18.2. The van der Waals surface area contributed by atoms with E-state index < -0.39 is 9.84 Å². The first-order valence-corrected chi connectivity index (χ1v) is 10.3. The van der Waals surface area contributed by atoms with Crippen molar-refractivity contribution in [1.82, 2.24) is 24.3 Å². The molecule has 0 N–H and O–H groups in total. The lowest BCUT2D eigenvalue weighted by atomic mass is 10.1. The molecule has 0 aliphatic rings. The lowest BCUT2D eigenvalue weighted by Crippen LogP contribution is -2.05. The van der Waals surface area contributed by atoms with Gasteiger partial charge in [0.25, 0.3) is 0 Å². The lowest BCUT2D eigenvalue weighted by Gasteiger charge is -2.07. The van der Waals surface area contributed by atoms with E-state index in [1.807, 2.05) is 18.2 Å². The van der Waals surface area contributed by atoms with Gasteiger partial charge in [-0.1, -0.05) is 0 Å². The van der Waals surface area contributed by atoms with E-state index in [1.54, 1.807) is 24.4 Å². The van der Waals surface area contributed by atoms with Gasteiger partial charge in [0.15, 0.2) is 5.65 Å². The van der Waals surface area contributed by atoms with Crippen LogP contribution in [0, 0.1) is 19.7 Å². The number of halogens is 1. The summed E-state index contributed by atoms with van der Waals surface area (Å²) in [5.41, 5.74) is 4.30. The molecule has 3 heterocycles. The second-order valence-electron chi connectivity index (χ2n) is 6.47. The Morgan fingerprint density at radius 1 is 1.00 bits per heavy atom. The van der Waals surface area contributed by atoms with E-state index in [0.29, 0.717) is 34.0 Å². The molecule has 7 nitrogen and oxygen atoms in total. The number of aromatic nitrogens is 5. The molecule has 142 valence electrons. The number of benzene rings is 1. The molecule has 3 aromatic heterocycles. The van der Waals surface area contributed by atoms with Crippen LogP contribution in [0.1, 0.15) is 11.4 Å². The van der Waals surface area contributed by atoms with Crippen LogP contribution in [-0.2, 0) is 9.84 Å². The number of sulfone groups is 1. The SMILES string of the molecule is Cc1cn2c(-c3ccnc(S(C)(=O)=O)n3)c(-c3ccc(F)cc3)nc2c(C)n1. The first-order chi connectivity index (χ1) is 13.2. The Kier molecular flexibility index (Phi) is 4.19. The molecule has 9 heteroatoms. The highest BCUT2D eigenvalue weighted by molar-refractivity contribution is 7.90. The Bertz CT molecular complexity index is 1310. The third kappa shape index (κ3) is 3.13. The van der Waals surface area contributed by atoms with Crippen LogP contribution in [0.25, 0.3) is 28.3 Å². The highest BCUT2D eigenvalue weighted by Crippen LogP contribution is 2.32. The molecule has 0 bridgehead atoms. The molecule has 0 aliphatic heterocycles. The maximum absolute atomic E-state index is 13.4. The third-order valence-corrected chi connectivity index (χ3v) is 5.08. The molecule has 0 atom stereocenters. The molecule has 0 saturated carbocycles. The van der Waals surface area contributed by atoms with Crippen molar-refractivity contribution >= 4 is 15.5 Å². The van der Waals surface area contributed by atoms with Crippen LogP contribution in [-0.4, -0.2) is 39.0 Å². The van der Waals surface area contributed by atoms with Crippen LogP contribution >= 0.6 is 0 Å². The van der Waals surface area contributed by atoms with Gasteiger partial charge in [0.05, 0.1) is 28.5 Å². The van der Waals surface area contributed by atoms with E-state index >= 15 is 0 Å². The standard InChI is InChI=1S/C19H16FN5O2S/c1-11-10-25-17(15-8-9-21-19(23-15)28(3,26)27)16(24-18(25)12(2)22-11)13-4-6-14(20)7-5-13/h4-10H,1-3H3. The Hall–Kier alpha value is -3.20. The van der Waals surface area contributed by atoms with Crippen LogP contribution in [0.3, 0.4) is 0 Å². The maximum Gasteiger partial charge on any atom is 0.247 e. The van der Waals surface area contributed by atoms with Gasteiger partial charge in [0.1, 0.15) is 5.82 Å². The number of rotatable bonds is 3. The molecule has 0 aliphatic carbocycles. The van der Waals surface area contributed by atoms with Gasteiger partial charge >= 0.3 is 0 Å². The summed E-state index contributed by atoms with van der Waals surface area (Å²) in [6.45, 7) is 3.70. The minimum atomic E-state index is -3.58. The Labute approximate surface area is 160 Å². The van der Waals surface area contributed by atoms with Crippen molar-refractivity contribution in [3.8, 4) is 22.6 Å². The van der Waals surface area contributed by atoms with E-state index in [9.17, 15) is 12.8 Å². The second kappa shape index (κ2) is 6.45. The number of hydrogen-bond donors (Lipinski definition) is 0. The van der Waals surface area contributed by atoms with E-state index in [1.165, 1.54) is 18.3 Å². The van der Waals surface area contributed by atoms with Gasteiger partial charge in [0.2, 0.25) is 15.0 Å². The van der Waals surface area contributed by atoms with Gasteiger partial charge in [-0.2, -0.15) is 0 Å². The minimum absolute atomic E-state index is 0.271. The highest BCUT2D eigenvalue weighted by atomic mass is 32.2. The average molecular weight is 397 g/mol. The number of hydrogen-bond acceptors (Lipinski definition) is 6. The molecule has 1 aromatic carbocycles. The summed E-state index contributed by atoms with van der Waals surface area (Å²) < 4.78 is 39.1. The lowest BCUT2D eigenvalue weighted by molar-refractivity contribution is 0.593. The minimum Gasteiger partial charge on any atom is -0.294 e. The molecule has 4 aromatic rings. The molecule has 0 spiro atoms. The predicted molar refractivity (Wildman–Crippen MR) is 102 cm³/mol. The number of nitrogens with zero attached hydrogens (tertiary/aromatic N) is 5. The summed E-state index contributed by atoms with van der Waals surface area (Å²) in [5, 5.41) is -0.271. The maximum atomic E-state index is 13.4. The highest BCUT2D eigenvalue weighted by Gasteiger charge is 2.21. The van der Waals surface area contributed by atoms with Crippen molar-refractivity contribution in [1.29, 1.82) is 0 Å². The van der Waals surface area contributed by atoms with E-state index in [-0.39, 0.29) is 11.0 Å². The van der Waals surface area contributed by atoms with E-state index in [0.717, 1.165) is 11.9 Å². The molecular formula is C19H16FN5O2S. The van der Waals surface area contributed by atoms with Gasteiger partial charge in [0, 0.05) is 24.2 Å². The Morgan fingerprint density at radius 2 is 1.71 bits per heavy atom. The van der Waals surface area contributed by atoms with Gasteiger partial charge in [-0.25, -0.2) is 27.8 Å². The molecule has 0 unspecified atom stereocenters. The fraction of sp³-hybridized carbons (Fsp3) is 0.158. The molecule has 0 fully saturated rings. The van der Waals surface area contributed by atoms with Crippen molar-refractivity contribution in [3.63, 3.8) is 0 Å². The molecule has 4 rings (SSSR count). The summed E-state index contributed by atoms with van der Waals surface area (Å²) in [5.74, 6) is -0.357. The average Bonchev–Trinajstić information content (AvgIpc) is 3.01. The Balaban J connectivity index is 2.09. The fourth-order valence-electron chi connectivity index (χ4n) is 3.05. The summed E-state index contributed by atoms with van der Waals surface area (Å²) in [4.78, 5) is 17.2. The smallest absolute Gasteiger partial charge is 0.247 e. The zero-order valence-corrected chi connectivity index (χ0v) is 16.2. The van der Waals surface area contributed by atoms with Gasteiger partial charge in [-0.05, 0) is 44.2 Å². The van der Waals surface area contributed by atoms with Gasteiger partial charge in [-0.3, -0.25) is 9.38 Å². The van der Waals surface area contributed by atoms with Crippen LogP contribution < -0.4 is 0 Å². The number of fused-ring (bicyclic) bond motifs is 1. The van der Waals surface area contributed by atoms with Crippen LogP contribution in [0.4, 0.5) is 4.39 Å². The zero-order valence-electron chi connectivity index (χ0n) is 15.4. The van der Waals surface area contributed by atoms with Crippen molar-refractivity contribution in [3.05, 3.63) is 59.9 Å². The topological polar surface area (TPSA) is 90.1 Å². The second-order valence-corrected chi connectivity index (χ2v) is 8.38. The summed E-state index contributed by atoms with van der Waals surface area (Å²) in [6.07, 6.45) is 4.26. The molecular weight excluding hydrogens is 381 g/mol. The van der Waals surface area contributed by atoms with Crippen molar-refractivity contribution < 1.29 is 12.8 Å². The number of aryl methyl sites for hydroxylation is 2. The molecule has 28 heavy (non-hydrogen) atoms. The van der Waals surface area contributed by atoms with Crippen LogP contribution in [0.5, 0.6) is 0 Å². The van der Waals surface area contributed by atoms with E-state index in [4.69, 9.17) is 0 Å². The fourth-order valence-corrected chi connectivity index (χ4v) is 3.57.